The summed E-state index contributed by atoms with van der Waals surface area (Å²) >= 11 is 0. The highest BCUT2D eigenvalue weighted by atomic mass is 16.3. The SMILES string of the molecule is c1ccc(-c2ncccc2-c2ccco2)nc1. The molecule has 0 spiro atoms. The Hall–Kier alpha value is -2.42. The molecule has 0 aliphatic rings. The normalized spacial score (nSPS) is 10.4. The van der Waals surface area contributed by atoms with Gasteiger partial charge in [-0.2, -0.15) is 0 Å². The van der Waals surface area contributed by atoms with E-state index in [2.05, 4.69) is 9.97 Å². The van der Waals surface area contributed by atoms with Crippen molar-refractivity contribution in [1.29, 1.82) is 0 Å². The zero-order valence-corrected chi connectivity index (χ0v) is 9.08. The van der Waals surface area contributed by atoms with Gasteiger partial charge in [-0.15, -0.1) is 0 Å². The van der Waals surface area contributed by atoms with Gasteiger partial charge in [0.15, 0.2) is 0 Å². The summed E-state index contributed by atoms with van der Waals surface area (Å²) in [6.45, 7) is 0. The van der Waals surface area contributed by atoms with Crippen molar-refractivity contribution in [2.75, 3.05) is 0 Å². The van der Waals surface area contributed by atoms with Crippen LogP contribution in [0.15, 0.2) is 65.5 Å². The molecule has 3 aromatic rings. The summed E-state index contributed by atoms with van der Waals surface area (Å²) in [5.41, 5.74) is 2.64. The van der Waals surface area contributed by atoms with Crippen molar-refractivity contribution >= 4 is 0 Å². The Morgan fingerprint density at radius 1 is 0.824 bits per heavy atom. The molecule has 0 saturated heterocycles. The summed E-state index contributed by atoms with van der Waals surface area (Å²) < 4.78 is 5.41. The Morgan fingerprint density at radius 2 is 1.76 bits per heavy atom. The first kappa shape index (κ1) is 9.78. The highest BCUT2D eigenvalue weighted by Crippen LogP contribution is 2.28. The first-order valence-corrected chi connectivity index (χ1v) is 5.35. The van der Waals surface area contributed by atoms with Crippen LogP contribution in [0.4, 0.5) is 0 Å². The molecule has 0 saturated carbocycles. The molecule has 0 aliphatic heterocycles. The molecule has 0 fully saturated rings. The maximum absolute atomic E-state index is 5.41. The minimum Gasteiger partial charge on any atom is -0.464 e. The van der Waals surface area contributed by atoms with Crippen LogP contribution in [0, 0.1) is 0 Å². The zero-order valence-electron chi connectivity index (χ0n) is 9.08. The number of aromatic nitrogens is 2. The summed E-state index contributed by atoms with van der Waals surface area (Å²) in [7, 11) is 0. The van der Waals surface area contributed by atoms with Crippen LogP contribution in [0.2, 0.25) is 0 Å². The van der Waals surface area contributed by atoms with Crippen molar-refractivity contribution in [1.82, 2.24) is 9.97 Å². The lowest BCUT2D eigenvalue weighted by molar-refractivity contribution is 0.582. The molecule has 0 aromatic carbocycles. The standard InChI is InChI=1S/C14H10N2O/c1-2-8-15-12(6-1)14-11(5-3-9-16-14)13-7-4-10-17-13/h1-10H. The average Bonchev–Trinajstić information content (AvgIpc) is 2.94. The van der Waals surface area contributed by atoms with Crippen molar-refractivity contribution in [3.8, 4) is 22.7 Å². The molecule has 0 aliphatic carbocycles. The van der Waals surface area contributed by atoms with E-state index in [0.717, 1.165) is 22.7 Å². The van der Waals surface area contributed by atoms with Crippen molar-refractivity contribution in [2.24, 2.45) is 0 Å². The highest BCUT2D eigenvalue weighted by molar-refractivity contribution is 5.75. The first-order valence-electron chi connectivity index (χ1n) is 5.35. The number of furan rings is 1. The molecule has 3 heteroatoms. The zero-order chi connectivity index (χ0) is 11.5. The third kappa shape index (κ3) is 1.83. The van der Waals surface area contributed by atoms with Crippen LogP contribution < -0.4 is 0 Å². The fraction of sp³-hybridized carbons (Fsp3) is 0. The molecule has 0 unspecified atom stereocenters. The predicted molar refractivity (Wildman–Crippen MR) is 65.2 cm³/mol. The molecular formula is C14H10N2O. The number of hydrogen-bond donors (Lipinski definition) is 0. The maximum atomic E-state index is 5.41. The predicted octanol–water partition coefficient (Wildman–Crippen LogP) is 3.40. The number of hydrogen-bond acceptors (Lipinski definition) is 3. The van der Waals surface area contributed by atoms with Gasteiger partial charge in [-0.1, -0.05) is 6.07 Å². The number of pyridine rings is 2. The second kappa shape index (κ2) is 4.22. The molecule has 82 valence electrons. The second-order valence-electron chi connectivity index (χ2n) is 3.59. The molecule has 0 amide bonds. The van der Waals surface area contributed by atoms with Crippen LogP contribution >= 0.6 is 0 Å². The average molecular weight is 222 g/mol. The van der Waals surface area contributed by atoms with Gasteiger partial charge in [0.2, 0.25) is 0 Å². The third-order valence-electron chi connectivity index (χ3n) is 2.50. The van der Waals surface area contributed by atoms with Crippen molar-refractivity contribution in [2.45, 2.75) is 0 Å². The van der Waals surface area contributed by atoms with E-state index in [4.69, 9.17) is 4.42 Å². The second-order valence-corrected chi connectivity index (χ2v) is 3.59. The van der Waals surface area contributed by atoms with Gasteiger partial charge in [0, 0.05) is 18.0 Å². The van der Waals surface area contributed by atoms with E-state index in [9.17, 15) is 0 Å². The van der Waals surface area contributed by atoms with E-state index in [1.807, 2.05) is 42.5 Å². The van der Waals surface area contributed by atoms with Gasteiger partial charge < -0.3 is 4.42 Å². The molecule has 0 atom stereocenters. The topological polar surface area (TPSA) is 38.9 Å². The molecule has 3 aromatic heterocycles. The quantitative estimate of drug-likeness (QED) is 0.667. The van der Waals surface area contributed by atoms with Gasteiger partial charge in [0.25, 0.3) is 0 Å². The van der Waals surface area contributed by atoms with Crippen LogP contribution in [0.3, 0.4) is 0 Å². The van der Waals surface area contributed by atoms with E-state index < -0.39 is 0 Å². The van der Waals surface area contributed by atoms with E-state index in [0.29, 0.717) is 0 Å². The summed E-state index contributed by atoms with van der Waals surface area (Å²) in [6.07, 6.45) is 5.18. The van der Waals surface area contributed by atoms with E-state index in [1.165, 1.54) is 0 Å². The van der Waals surface area contributed by atoms with Gasteiger partial charge in [-0.05, 0) is 36.4 Å². The third-order valence-corrected chi connectivity index (χ3v) is 2.50. The van der Waals surface area contributed by atoms with Gasteiger partial charge in [-0.25, -0.2) is 0 Å². The Morgan fingerprint density at radius 3 is 2.53 bits per heavy atom. The van der Waals surface area contributed by atoms with Crippen LogP contribution in [0.5, 0.6) is 0 Å². The summed E-state index contributed by atoms with van der Waals surface area (Å²) in [5.74, 6) is 0.804. The van der Waals surface area contributed by atoms with Gasteiger partial charge in [0.05, 0.1) is 17.7 Å². The Kier molecular flexibility index (Phi) is 2.43. The van der Waals surface area contributed by atoms with Gasteiger partial charge in [-0.3, -0.25) is 9.97 Å². The lowest BCUT2D eigenvalue weighted by Gasteiger charge is -2.04. The van der Waals surface area contributed by atoms with Crippen LogP contribution in [-0.4, -0.2) is 9.97 Å². The molecule has 3 rings (SSSR count). The molecule has 3 nitrogen and oxygen atoms in total. The Balaban J connectivity index is 2.18. The van der Waals surface area contributed by atoms with Crippen LogP contribution in [0.1, 0.15) is 0 Å². The van der Waals surface area contributed by atoms with Crippen molar-refractivity contribution in [3.63, 3.8) is 0 Å². The molecule has 0 bridgehead atoms. The van der Waals surface area contributed by atoms with Crippen molar-refractivity contribution < 1.29 is 4.42 Å². The first-order chi connectivity index (χ1) is 8.45. The summed E-state index contributed by atoms with van der Waals surface area (Å²) in [4.78, 5) is 8.70. The monoisotopic (exact) mass is 222 g/mol. The van der Waals surface area contributed by atoms with Crippen molar-refractivity contribution in [3.05, 3.63) is 61.1 Å². The Bertz CT molecular complexity index is 603. The minimum absolute atomic E-state index is 0.804. The number of rotatable bonds is 2. The minimum atomic E-state index is 0.804. The fourth-order valence-electron chi connectivity index (χ4n) is 1.74. The molecule has 3 heterocycles. The fourth-order valence-corrected chi connectivity index (χ4v) is 1.74. The largest absolute Gasteiger partial charge is 0.464 e. The lowest BCUT2D eigenvalue weighted by Crippen LogP contribution is -1.89. The van der Waals surface area contributed by atoms with E-state index in [-0.39, 0.29) is 0 Å². The Labute approximate surface area is 98.8 Å². The molecule has 17 heavy (non-hydrogen) atoms. The van der Waals surface area contributed by atoms with Crippen LogP contribution in [0.25, 0.3) is 22.7 Å². The molecule has 0 N–H and O–H groups in total. The van der Waals surface area contributed by atoms with Gasteiger partial charge >= 0.3 is 0 Å². The molecule has 0 radical (unpaired) electrons. The maximum Gasteiger partial charge on any atom is 0.136 e. The number of nitrogens with zero attached hydrogens (tertiary/aromatic N) is 2. The molecular weight excluding hydrogens is 212 g/mol. The van der Waals surface area contributed by atoms with Gasteiger partial charge in [0.1, 0.15) is 5.76 Å². The summed E-state index contributed by atoms with van der Waals surface area (Å²) in [5, 5.41) is 0. The lowest BCUT2D eigenvalue weighted by atomic mass is 10.1. The summed E-state index contributed by atoms with van der Waals surface area (Å²) in [6, 6.07) is 13.4. The highest BCUT2D eigenvalue weighted by Gasteiger charge is 2.10. The van der Waals surface area contributed by atoms with Crippen LogP contribution in [-0.2, 0) is 0 Å². The smallest absolute Gasteiger partial charge is 0.136 e. The van der Waals surface area contributed by atoms with E-state index in [1.54, 1.807) is 18.7 Å². The van der Waals surface area contributed by atoms with E-state index >= 15 is 0 Å².